The van der Waals surface area contributed by atoms with Crippen molar-refractivity contribution < 1.29 is 14.3 Å². The lowest BCUT2D eigenvalue weighted by Gasteiger charge is -2.31. The molecule has 1 aliphatic heterocycles. The zero-order valence-corrected chi connectivity index (χ0v) is 16.6. The van der Waals surface area contributed by atoms with Crippen molar-refractivity contribution in [3.05, 3.63) is 59.1 Å². The molecule has 6 heteroatoms. The number of thiazole rings is 1. The van der Waals surface area contributed by atoms with Crippen LogP contribution in [0.15, 0.2) is 48.5 Å². The van der Waals surface area contributed by atoms with Gasteiger partial charge in [0.25, 0.3) is 5.91 Å². The second-order valence-electron chi connectivity index (χ2n) is 6.93. The summed E-state index contributed by atoms with van der Waals surface area (Å²) < 4.78 is 6.53. The first-order valence-corrected chi connectivity index (χ1v) is 10.4. The summed E-state index contributed by atoms with van der Waals surface area (Å²) in [5, 5.41) is 0.905. The Hall–Kier alpha value is -2.73. The highest BCUT2D eigenvalue weighted by Gasteiger charge is 2.28. The molecule has 144 valence electrons. The van der Waals surface area contributed by atoms with Gasteiger partial charge in [0, 0.05) is 18.7 Å². The maximum Gasteiger partial charge on any atom is 0.306 e. The van der Waals surface area contributed by atoms with E-state index in [1.54, 1.807) is 23.2 Å². The summed E-state index contributed by atoms with van der Waals surface area (Å²) in [4.78, 5) is 31.4. The number of hydrogen-bond acceptors (Lipinski definition) is 5. The summed E-state index contributed by atoms with van der Waals surface area (Å²) in [6, 6.07) is 15.8. The molecule has 1 atom stereocenters. The number of fused-ring (bicyclic) bond motifs is 2. The van der Waals surface area contributed by atoms with Crippen LogP contribution >= 0.6 is 11.3 Å². The van der Waals surface area contributed by atoms with Gasteiger partial charge in [-0.05, 0) is 43.5 Å². The lowest BCUT2D eigenvalue weighted by Crippen LogP contribution is -2.42. The molecule has 0 bridgehead atoms. The number of nitrogens with zero attached hydrogens (tertiary/aromatic N) is 2. The average molecular weight is 394 g/mol. The van der Waals surface area contributed by atoms with Gasteiger partial charge in [0.15, 0.2) is 6.10 Å². The highest BCUT2D eigenvalue weighted by atomic mass is 32.1. The van der Waals surface area contributed by atoms with Crippen LogP contribution in [0.4, 0.5) is 5.69 Å². The van der Waals surface area contributed by atoms with E-state index in [1.807, 2.05) is 48.5 Å². The van der Waals surface area contributed by atoms with Crippen molar-refractivity contribution in [1.82, 2.24) is 4.98 Å². The summed E-state index contributed by atoms with van der Waals surface area (Å²) >= 11 is 1.59. The summed E-state index contributed by atoms with van der Waals surface area (Å²) in [6.07, 6.45) is 1.82. The molecule has 28 heavy (non-hydrogen) atoms. The predicted molar refractivity (Wildman–Crippen MR) is 111 cm³/mol. The van der Waals surface area contributed by atoms with E-state index in [0.717, 1.165) is 39.3 Å². The third-order valence-electron chi connectivity index (χ3n) is 4.91. The lowest BCUT2D eigenvalue weighted by atomic mass is 10.0. The first kappa shape index (κ1) is 18.6. The third-order valence-corrected chi connectivity index (χ3v) is 6.01. The number of aryl methyl sites for hydroxylation is 2. The molecular formula is C22H22N2O3S. The van der Waals surface area contributed by atoms with Crippen LogP contribution in [-0.4, -0.2) is 29.5 Å². The van der Waals surface area contributed by atoms with Crippen LogP contribution in [0, 0.1) is 0 Å². The molecule has 0 saturated heterocycles. The summed E-state index contributed by atoms with van der Waals surface area (Å²) in [7, 11) is 0. The number of aromatic nitrogens is 1. The molecule has 2 aromatic carbocycles. The molecule has 0 aliphatic carbocycles. The van der Waals surface area contributed by atoms with Gasteiger partial charge in [0.1, 0.15) is 0 Å². The number of amides is 1. The molecule has 0 spiro atoms. The minimum atomic E-state index is -0.797. The molecule has 0 N–H and O–H groups in total. The molecule has 1 aromatic heterocycles. The fourth-order valence-corrected chi connectivity index (χ4v) is 4.49. The number of carbonyl (C=O) groups excluding carboxylic acids is 2. The predicted octanol–water partition coefficient (Wildman–Crippen LogP) is 4.14. The van der Waals surface area contributed by atoms with Crippen LogP contribution in [0.3, 0.4) is 0 Å². The Morgan fingerprint density at radius 2 is 1.96 bits per heavy atom. The Balaban J connectivity index is 1.34. The van der Waals surface area contributed by atoms with E-state index in [-0.39, 0.29) is 18.3 Å². The topological polar surface area (TPSA) is 59.5 Å². The van der Waals surface area contributed by atoms with Crippen LogP contribution in [0.25, 0.3) is 10.2 Å². The second kappa shape index (κ2) is 8.10. The smallest absolute Gasteiger partial charge is 0.306 e. The Morgan fingerprint density at radius 3 is 2.82 bits per heavy atom. The Kier molecular flexibility index (Phi) is 5.39. The van der Waals surface area contributed by atoms with Crippen LogP contribution in [0.1, 0.15) is 30.3 Å². The van der Waals surface area contributed by atoms with Crippen molar-refractivity contribution in [2.45, 2.75) is 38.7 Å². The maximum atomic E-state index is 12.8. The zero-order valence-electron chi connectivity index (χ0n) is 15.8. The minimum absolute atomic E-state index is 0.166. The van der Waals surface area contributed by atoms with Gasteiger partial charge in [-0.2, -0.15) is 0 Å². The molecule has 0 radical (unpaired) electrons. The number of benzene rings is 2. The van der Waals surface area contributed by atoms with Crippen molar-refractivity contribution in [2.75, 3.05) is 11.4 Å². The monoisotopic (exact) mass is 394 g/mol. The van der Waals surface area contributed by atoms with E-state index in [9.17, 15) is 9.59 Å². The number of hydrogen-bond donors (Lipinski definition) is 0. The molecule has 0 fully saturated rings. The van der Waals surface area contributed by atoms with Gasteiger partial charge in [-0.1, -0.05) is 30.3 Å². The Labute approximate surface area is 168 Å². The molecule has 4 rings (SSSR count). The number of esters is 1. The van der Waals surface area contributed by atoms with E-state index < -0.39 is 6.10 Å². The van der Waals surface area contributed by atoms with Gasteiger partial charge in [-0.3, -0.25) is 9.59 Å². The van der Waals surface area contributed by atoms with Crippen molar-refractivity contribution in [1.29, 1.82) is 0 Å². The van der Waals surface area contributed by atoms with Crippen molar-refractivity contribution in [2.24, 2.45) is 0 Å². The molecule has 1 amide bonds. The number of para-hydroxylation sites is 2. The SMILES string of the molecule is CC(OC(=O)CCc1nc2ccccc2s1)C(=O)N1CCCc2ccccc21. The van der Waals surface area contributed by atoms with Crippen molar-refractivity contribution in [3.63, 3.8) is 0 Å². The normalized spacial score (nSPS) is 14.5. The fourth-order valence-electron chi connectivity index (χ4n) is 3.52. The summed E-state index contributed by atoms with van der Waals surface area (Å²) in [5.41, 5.74) is 3.04. The van der Waals surface area contributed by atoms with Crippen LogP contribution in [0.5, 0.6) is 0 Å². The van der Waals surface area contributed by atoms with E-state index in [2.05, 4.69) is 4.98 Å². The molecule has 1 aliphatic rings. The molecule has 0 saturated carbocycles. The molecule has 5 nitrogen and oxygen atoms in total. The molecule has 2 heterocycles. The third kappa shape index (κ3) is 3.92. The van der Waals surface area contributed by atoms with E-state index in [1.165, 1.54) is 0 Å². The highest BCUT2D eigenvalue weighted by Crippen LogP contribution is 2.27. The molecule has 3 aromatic rings. The van der Waals surface area contributed by atoms with Gasteiger partial charge < -0.3 is 9.64 Å². The first-order valence-electron chi connectivity index (χ1n) is 9.55. The van der Waals surface area contributed by atoms with E-state index in [4.69, 9.17) is 4.74 Å². The fraction of sp³-hybridized carbons (Fsp3) is 0.318. The molecular weight excluding hydrogens is 372 g/mol. The molecule has 1 unspecified atom stereocenters. The number of ether oxygens (including phenoxy) is 1. The van der Waals surface area contributed by atoms with Gasteiger partial charge in [0.05, 0.1) is 21.6 Å². The first-order chi connectivity index (χ1) is 13.6. The number of rotatable bonds is 5. The van der Waals surface area contributed by atoms with Crippen molar-refractivity contribution >= 4 is 39.1 Å². The number of carbonyl (C=O) groups is 2. The number of anilines is 1. The lowest BCUT2D eigenvalue weighted by molar-refractivity contribution is -0.153. The van der Waals surface area contributed by atoms with E-state index in [0.29, 0.717) is 13.0 Å². The Bertz CT molecular complexity index is 981. The maximum absolute atomic E-state index is 12.8. The van der Waals surface area contributed by atoms with Gasteiger partial charge in [0.2, 0.25) is 0 Å². The van der Waals surface area contributed by atoms with Crippen LogP contribution in [0.2, 0.25) is 0 Å². The highest BCUT2D eigenvalue weighted by molar-refractivity contribution is 7.18. The van der Waals surface area contributed by atoms with E-state index >= 15 is 0 Å². The van der Waals surface area contributed by atoms with Crippen LogP contribution < -0.4 is 4.90 Å². The van der Waals surface area contributed by atoms with Gasteiger partial charge in [-0.15, -0.1) is 11.3 Å². The Morgan fingerprint density at radius 1 is 1.18 bits per heavy atom. The van der Waals surface area contributed by atoms with Gasteiger partial charge in [-0.25, -0.2) is 4.98 Å². The standard InChI is InChI=1S/C22H22N2O3S/c1-15(22(26)24-14-6-8-16-7-2-4-10-18(16)24)27-21(25)13-12-20-23-17-9-3-5-11-19(17)28-20/h2-5,7,9-11,15H,6,8,12-14H2,1H3. The minimum Gasteiger partial charge on any atom is -0.453 e. The average Bonchev–Trinajstić information content (AvgIpc) is 3.14. The van der Waals surface area contributed by atoms with Gasteiger partial charge >= 0.3 is 5.97 Å². The largest absolute Gasteiger partial charge is 0.453 e. The quantitative estimate of drug-likeness (QED) is 0.610. The van der Waals surface area contributed by atoms with Crippen LogP contribution in [-0.2, 0) is 27.2 Å². The van der Waals surface area contributed by atoms with Crippen molar-refractivity contribution in [3.8, 4) is 0 Å². The summed E-state index contributed by atoms with van der Waals surface area (Å²) in [6.45, 7) is 2.30. The zero-order chi connectivity index (χ0) is 19.5. The summed E-state index contributed by atoms with van der Waals surface area (Å²) in [5.74, 6) is -0.536. The second-order valence-corrected chi connectivity index (χ2v) is 8.04.